The monoisotopic (exact) mass is 604 g/mol. The second kappa shape index (κ2) is 12.1. The lowest BCUT2D eigenvalue weighted by atomic mass is 9.89. The second-order valence-corrected chi connectivity index (χ2v) is 11.8. The number of allylic oxidation sites excluding steroid dienone is 3. The predicted octanol–water partition coefficient (Wildman–Crippen LogP) is 4.50. The molecular weight excluding hydrogens is 571 g/mol. The van der Waals surface area contributed by atoms with E-state index in [0.29, 0.717) is 55.9 Å². The summed E-state index contributed by atoms with van der Waals surface area (Å²) in [4.78, 5) is 25.5. The van der Waals surface area contributed by atoms with Crippen LogP contribution in [0.15, 0.2) is 64.7 Å². The Labute approximate surface area is 255 Å². The summed E-state index contributed by atoms with van der Waals surface area (Å²) in [6, 6.07) is 7.88. The van der Waals surface area contributed by atoms with Crippen LogP contribution in [-0.4, -0.2) is 83.2 Å². The zero-order valence-electron chi connectivity index (χ0n) is 24.5. The molecule has 224 valence electrons. The molecule has 2 saturated heterocycles. The minimum Gasteiger partial charge on any atom is -0.489 e. The molecule has 0 atom stereocenters. The van der Waals surface area contributed by atoms with E-state index in [2.05, 4.69) is 33.1 Å². The number of hydrogen-bond acceptors (Lipinski definition) is 8. The van der Waals surface area contributed by atoms with Gasteiger partial charge in [-0.2, -0.15) is 10.4 Å². The van der Waals surface area contributed by atoms with Gasteiger partial charge in [0.25, 0.3) is 5.91 Å². The summed E-state index contributed by atoms with van der Waals surface area (Å²) in [6.45, 7) is 9.26. The van der Waals surface area contributed by atoms with Gasteiger partial charge in [-0.1, -0.05) is 17.7 Å². The molecule has 0 bridgehead atoms. The molecule has 0 spiro atoms. The Morgan fingerprint density at radius 3 is 2.67 bits per heavy atom. The summed E-state index contributed by atoms with van der Waals surface area (Å²) >= 11 is 6.20. The summed E-state index contributed by atoms with van der Waals surface area (Å²) < 4.78 is 22.2. The van der Waals surface area contributed by atoms with Gasteiger partial charge >= 0.3 is 0 Å². The molecule has 10 nitrogen and oxygen atoms in total. The van der Waals surface area contributed by atoms with Gasteiger partial charge in [0.1, 0.15) is 29.9 Å². The van der Waals surface area contributed by atoms with Crippen molar-refractivity contribution in [3.63, 3.8) is 0 Å². The van der Waals surface area contributed by atoms with Crippen LogP contribution in [-0.2, 0) is 4.79 Å². The highest BCUT2D eigenvalue weighted by molar-refractivity contribution is 6.33. The maximum atomic E-state index is 14.8. The third-order valence-electron chi connectivity index (χ3n) is 7.89. The van der Waals surface area contributed by atoms with E-state index < -0.39 is 11.2 Å². The highest BCUT2D eigenvalue weighted by Crippen LogP contribution is 2.33. The number of alkyl halides is 1. The van der Waals surface area contributed by atoms with E-state index >= 15 is 0 Å². The topological polar surface area (TPSA) is 111 Å². The first-order valence-electron chi connectivity index (χ1n) is 14.0. The van der Waals surface area contributed by atoms with Crippen molar-refractivity contribution in [3.05, 3.63) is 65.2 Å². The molecule has 12 heteroatoms. The number of likely N-dealkylation sites (tertiary alicyclic amines) is 1. The lowest BCUT2D eigenvalue weighted by Crippen LogP contribution is -2.60. The number of piperidine rings is 1. The number of halogens is 2. The van der Waals surface area contributed by atoms with Gasteiger partial charge in [0.15, 0.2) is 5.67 Å². The van der Waals surface area contributed by atoms with E-state index in [4.69, 9.17) is 21.3 Å². The molecule has 43 heavy (non-hydrogen) atoms. The van der Waals surface area contributed by atoms with Gasteiger partial charge < -0.3 is 15.0 Å². The molecule has 2 aliphatic heterocycles. The Hall–Kier alpha value is -4.27. The number of amides is 1. The molecule has 1 amide bonds. The average molecular weight is 605 g/mol. The minimum atomic E-state index is -1.39. The van der Waals surface area contributed by atoms with Crippen molar-refractivity contribution in [3.8, 4) is 22.9 Å². The summed E-state index contributed by atoms with van der Waals surface area (Å²) in [5.41, 5.74) is 0.815. The van der Waals surface area contributed by atoms with Crippen LogP contribution < -0.4 is 15.0 Å². The number of nitriles is 1. The number of aliphatic imine (C=N–C) groups is 1. The van der Waals surface area contributed by atoms with Crippen molar-refractivity contribution >= 4 is 35.6 Å². The van der Waals surface area contributed by atoms with Gasteiger partial charge in [-0.05, 0) is 64.7 Å². The first-order valence-corrected chi connectivity index (χ1v) is 14.4. The van der Waals surface area contributed by atoms with Crippen LogP contribution in [0.2, 0.25) is 0 Å². The minimum absolute atomic E-state index is 0.0648. The molecule has 5 rings (SSSR count). The lowest BCUT2D eigenvalue weighted by Gasteiger charge is -2.41. The van der Waals surface area contributed by atoms with Crippen LogP contribution in [0.3, 0.4) is 0 Å². The Balaban J connectivity index is 1.30. The number of carbonyl (C=O) groups excluding carboxylic acids is 1. The molecule has 3 aromatic rings. The van der Waals surface area contributed by atoms with E-state index in [1.165, 1.54) is 6.20 Å². The van der Waals surface area contributed by atoms with Crippen molar-refractivity contribution < 1.29 is 13.9 Å². The van der Waals surface area contributed by atoms with E-state index in [9.17, 15) is 14.4 Å². The van der Waals surface area contributed by atoms with Crippen LogP contribution in [0, 0.1) is 11.3 Å². The number of rotatable bonds is 9. The molecule has 2 aliphatic rings. The number of ether oxygens (including phenoxy) is 1. The second-order valence-electron chi connectivity index (χ2n) is 11.4. The highest BCUT2D eigenvalue weighted by atomic mass is 35.5. The molecule has 0 aliphatic carbocycles. The van der Waals surface area contributed by atoms with Crippen molar-refractivity contribution in [1.29, 1.82) is 5.26 Å². The van der Waals surface area contributed by atoms with Crippen LogP contribution in [0.4, 0.5) is 10.2 Å². The number of anilines is 1. The Bertz CT molecular complexity index is 1630. The van der Waals surface area contributed by atoms with Gasteiger partial charge in [-0.25, -0.2) is 13.9 Å². The van der Waals surface area contributed by atoms with Crippen LogP contribution in [0.25, 0.3) is 16.6 Å². The number of nitrogens with zero attached hydrogens (tertiary/aromatic N) is 7. The fourth-order valence-electron chi connectivity index (χ4n) is 5.60. The fourth-order valence-corrected chi connectivity index (χ4v) is 5.88. The van der Waals surface area contributed by atoms with Crippen LogP contribution >= 0.6 is 11.6 Å². The number of pyridine rings is 2. The Kier molecular flexibility index (Phi) is 8.53. The van der Waals surface area contributed by atoms with Crippen LogP contribution in [0.5, 0.6) is 5.75 Å². The number of hydrogen-bond donors (Lipinski definition) is 1. The Morgan fingerprint density at radius 2 is 2.07 bits per heavy atom. The smallest absolute Gasteiger partial charge is 0.271 e. The largest absolute Gasteiger partial charge is 0.489 e. The summed E-state index contributed by atoms with van der Waals surface area (Å²) in [7, 11) is 1.87. The van der Waals surface area contributed by atoms with Crippen molar-refractivity contribution in [2.45, 2.75) is 37.9 Å². The maximum Gasteiger partial charge on any atom is 0.271 e. The predicted molar refractivity (Wildman–Crippen MR) is 165 cm³/mol. The molecule has 0 aromatic carbocycles. The third kappa shape index (κ3) is 6.40. The van der Waals surface area contributed by atoms with Crippen molar-refractivity contribution in [1.82, 2.24) is 24.8 Å². The Morgan fingerprint density at radius 1 is 1.33 bits per heavy atom. The zero-order chi connectivity index (χ0) is 30.8. The zero-order valence-corrected chi connectivity index (χ0v) is 25.2. The highest BCUT2D eigenvalue weighted by Gasteiger charge is 2.42. The standard InChI is InChI=1S/C31H34ClFN8O2/c1-5-6-25(32)27(35-3)29(42)38-30(2)9-11-40(12-10-30)26-8-7-21(15-36-26)24-13-23(43-20-31(33)18-39(4)19-31)17-41-28(24)22(14-34)16-37-41/h5-8,13,15-17H,3,9-12,18-20H2,1-2,4H3,(H,38,42)/b6-5-,27-25+. The summed E-state index contributed by atoms with van der Waals surface area (Å²) in [5.74, 6) is 0.902. The first-order chi connectivity index (χ1) is 20.6. The average Bonchev–Trinajstić information content (AvgIpc) is 3.39. The molecule has 0 unspecified atom stereocenters. The quantitative estimate of drug-likeness (QED) is 0.217. The molecular formula is C31H34ClFN8O2. The summed E-state index contributed by atoms with van der Waals surface area (Å²) in [5, 5.41) is 17.3. The molecule has 3 aromatic heterocycles. The van der Waals surface area contributed by atoms with Crippen LogP contribution in [0.1, 0.15) is 32.3 Å². The van der Waals surface area contributed by atoms with E-state index in [1.54, 1.807) is 35.1 Å². The normalized spacial score (nSPS) is 18.6. The van der Waals surface area contributed by atoms with Gasteiger partial charge in [-0.15, -0.1) is 0 Å². The van der Waals surface area contributed by atoms with Gasteiger partial charge in [0.05, 0.1) is 28.5 Å². The number of carbonyl (C=O) groups is 1. The van der Waals surface area contributed by atoms with Gasteiger partial charge in [0, 0.05) is 49.0 Å². The number of nitrogens with one attached hydrogen (secondary N) is 1. The number of fused-ring (bicyclic) bond motifs is 1. The molecule has 2 fully saturated rings. The molecule has 0 radical (unpaired) electrons. The lowest BCUT2D eigenvalue weighted by molar-refractivity contribution is -0.119. The first kappa shape index (κ1) is 30.2. The van der Waals surface area contributed by atoms with Crippen molar-refractivity contribution in [2.75, 3.05) is 44.7 Å². The molecule has 1 N–H and O–H groups in total. The molecule has 5 heterocycles. The van der Waals surface area contributed by atoms with E-state index in [0.717, 1.165) is 16.9 Å². The fraction of sp³-hybridized carbons (Fsp3) is 0.387. The molecule has 0 saturated carbocycles. The third-order valence-corrected chi connectivity index (χ3v) is 8.19. The van der Waals surface area contributed by atoms with E-state index in [-0.39, 0.29) is 23.2 Å². The van der Waals surface area contributed by atoms with Gasteiger partial charge in [0.2, 0.25) is 0 Å². The van der Waals surface area contributed by atoms with E-state index in [1.807, 2.05) is 37.9 Å². The maximum absolute atomic E-state index is 14.8. The van der Waals surface area contributed by atoms with Crippen molar-refractivity contribution in [2.24, 2.45) is 4.99 Å². The number of aromatic nitrogens is 3. The summed E-state index contributed by atoms with van der Waals surface area (Å²) in [6.07, 6.45) is 9.66. The SMILES string of the molecule is C=N/C(C(=O)NC1(C)CCN(c2ccc(-c3cc(OCC4(F)CN(C)C4)cn4ncc(C#N)c34)cn2)CC1)=C(Cl)\C=C/C. The van der Waals surface area contributed by atoms with Gasteiger partial charge in [-0.3, -0.25) is 14.7 Å².